The Morgan fingerprint density at radius 2 is 1.69 bits per heavy atom. The van der Waals surface area contributed by atoms with Gasteiger partial charge in [0.1, 0.15) is 11.5 Å². The smallest absolute Gasteiger partial charge is 0.438 e. The Bertz CT molecular complexity index is 1510. The number of hydrogen-bond donors (Lipinski definition) is 1. The van der Waals surface area contributed by atoms with Crippen LogP contribution in [0, 0.1) is 0 Å². The highest BCUT2D eigenvalue weighted by Crippen LogP contribution is 2.39. The molecular weight excluding hydrogens is 545 g/mol. The van der Waals surface area contributed by atoms with E-state index in [0.717, 1.165) is 78.2 Å². The summed E-state index contributed by atoms with van der Waals surface area (Å²) in [4.78, 5) is 9.41. The summed E-state index contributed by atoms with van der Waals surface area (Å²) in [6.07, 6.45) is 1.03. The second kappa shape index (κ2) is 11.6. The molecule has 9 nitrogen and oxygen atoms in total. The second-order valence-corrected chi connectivity index (χ2v) is 11.5. The van der Waals surface area contributed by atoms with Crippen LogP contribution in [0.4, 0.5) is 19.0 Å². The van der Waals surface area contributed by atoms with E-state index in [-0.39, 0.29) is 17.9 Å². The van der Waals surface area contributed by atoms with Crippen LogP contribution in [-0.4, -0.2) is 80.7 Å². The van der Waals surface area contributed by atoms with Gasteiger partial charge >= 0.3 is 6.18 Å². The van der Waals surface area contributed by atoms with Crippen LogP contribution in [0.5, 0.6) is 5.75 Å². The second-order valence-electron chi connectivity index (χ2n) is 11.5. The molecule has 1 saturated carbocycles. The average Bonchev–Trinajstić information content (AvgIpc) is 3.55. The molecule has 0 radical (unpaired) electrons. The zero-order chi connectivity index (χ0) is 29.4. The fourth-order valence-electron chi connectivity index (χ4n) is 6.03. The summed E-state index contributed by atoms with van der Waals surface area (Å²) in [7, 11) is 5.47. The zero-order valence-electron chi connectivity index (χ0n) is 24.2. The number of anilines is 1. The van der Waals surface area contributed by atoms with Crippen molar-refractivity contribution in [2.45, 2.75) is 50.6 Å². The summed E-state index contributed by atoms with van der Waals surface area (Å²) in [5.41, 5.74) is 3.21. The van der Waals surface area contributed by atoms with Crippen molar-refractivity contribution < 1.29 is 17.9 Å². The first-order valence-corrected chi connectivity index (χ1v) is 14.5. The molecule has 0 bridgehead atoms. The summed E-state index contributed by atoms with van der Waals surface area (Å²) >= 11 is 0. The molecule has 1 aliphatic carbocycles. The monoisotopic (exact) mass is 582 g/mol. The summed E-state index contributed by atoms with van der Waals surface area (Å²) < 4.78 is 49.3. The number of aromatic nitrogens is 5. The topological polar surface area (TPSA) is 76.3 Å². The molecule has 1 saturated heterocycles. The lowest BCUT2D eigenvalue weighted by Gasteiger charge is -2.32. The van der Waals surface area contributed by atoms with Gasteiger partial charge in [0.2, 0.25) is 5.69 Å². The minimum atomic E-state index is -4.56. The number of rotatable bonds is 7. The number of pyridine rings is 1. The van der Waals surface area contributed by atoms with Crippen LogP contribution in [0.25, 0.3) is 22.2 Å². The molecule has 12 heteroatoms. The fourth-order valence-corrected chi connectivity index (χ4v) is 6.03. The Morgan fingerprint density at radius 3 is 2.36 bits per heavy atom. The van der Waals surface area contributed by atoms with Gasteiger partial charge in [0.15, 0.2) is 5.75 Å². The standard InChI is InChI=1S/C30H37F3N8O/c1-34-27-16-25-24(17-35-27)28(21-6-4-20(5-7-21)18-40-14-12-38(2)13-15-40)36-41(25)22-8-10-23(11-9-22)42-26-19-39(3)37-29(26)30(31,32)33/h4-7,16-17,19,22-23H,8-15,18H2,1-3H3,(H,34,35). The first kappa shape index (κ1) is 28.5. The lowest BCUT2D eigenvalue weighted by molar-refractivity contribution is -0.143. The van der Waals surface area contributed by atoms with Crippen molar-refractivity contribution in [1.29, 1.82) is 0 Å². The summed E-state index contributed by atoms with van der Waals surface area (Å²) in [6, 6.07) is 10.8. The fraction of sp³-hybridized carbons (Fsp3) is 0.500. The van der Waals surface area contributed by atoms with Crippen LogP contribution in [0.3, 0.4) is 0 Å². The molecule has 0 atom stereocenters. The van der Waals surface area contributed by atoms with E-state index in [0.29, 0.717) is 12.8 Å². The largest absolute Gasteiger partial charge is 0.486 e. The quantitative estimate of drug-likeness (QED) is 0.321. The van der Waals surface area contributed by atoms with Crippen LogP contribution in [0.1, 0.15) is 43.0 Å². The lowest BCUT2D eigenvalue weighted by Crippen LogP contribution is -2.43. The van der Waals surface area contributed by atoms with Gasteiger partial charge in [-0.1, -0.05) is 24.3 Å². The predicted octanol–water partition coefficient (Wildman–Crippen LogP) is 5.20. The minimum absolute atomic E-state index is 0.0979. The molecule has 0 amide bonds. The summed E-state index contributed by atoms with van der Waals surface area (Å²) in [5.74, 6) is 0.548. The van der Waals surface area contributed by atoms with Gasteiger partial charge in [0.05, 0.1) is 23.9 Å². The molecule has 1 aliphatic heterocycles. The highest BCUT2D eigenvalue weighted by atomic mass is 19.4. The van der Waals surface area contributed by atoms with E-state index >= 15 is 0 Å². The highest BCUT2D eigenvalue weighted by molar-refractivity contribution is 5.94. The Labute approximate surface area is 243 Å². The van der Waals surface area contributed by atoms with Crippen molar-refractivity contribution in [3.63, 3.8) is 0 Å². The predicted molar refractivity (Wildman–Crippen MR) is 155 cm³/mol. The highest BCUT2D eigenvalue weighted by Gasteiger charge is 2.39. The SMILES string of the molecule is CNc1cc2c(cn1)c(-c1ccc(CN3CCN(C)CC3)cc1)nn2C1CCC(Oc2cn(C)nc2C(F)(F)F)CC1. The number of nitrogens with zero attached hydrogens (tertiary/aromatic N) is 7. The molecule has 3 aromatic heterocycles. The molecule has 1 N–H and O–H groups in total. The number of halogens is 3. The third-order valence-corrected chi connectivity index (χ3v) is 8.42. The van der Waals surface area contributed by atoms with Gasteiger partial charge in [-0.15, -0.1) is 0 Å². The van der Waals surface area contributed by atoms with Crippen molar-refractivity contribution >= 4 is 16.7 Å². The number of piperazine rings is 1. The third-order valence-electron chi connectivity index (χ3n) is 8.42. The minimum Gasteiger partial charge on any atom is -0.486 e. The molecule has 42 heavy (non-hydrogen) atoms. The van der Waals surface area contributed by atoms with Crippen LogP contribution < -0.4 is 10.1 Å². The van der Waals surface area contributed by atoms with Crippen LogP contribution >= 0.6 is 0 Å². The van der Waals surface area contributed by atoms with Gasteiger partial charge < -0.3 is 15.0 Å². The number of aryl methyl sites for hydroxylation is 1. The van der Waals surface area contributed by atoms with Gasteiger partial charge in [-0.25, -0.2) is 4.98 Å². The number of fused-ring (bicyclic) bond motifs is 1. The Kier molecular flexibility index (Phi) is 7.84. The number of hydrogen-bond acceptors (Lipinski definition) is 7. The van der Waals surface area contributed by atoms with E-state index < -0.39 is 11.9 Å². The third kappa shape index (κ3) is 5.96. The average molecular weight is 583 g/mol. The molecule has 4 heterocycles. The maximum atomic E-state index is 13.4. The molecular formula is C30H37F3N8O. The number of alkyl halides is 3. The Hall–Kier alpha value is -3.64. The Morgan fingerprint density at radius 1 is 0.976 bits per heavy atom. The van der Waals surface area contributed by atoms with E-state index in [1.54, 1.807) is 0 Å². The number of ether oxygens (including phenoxy) is 1. The molecule has 0 unspecified atom stereocenters. The normalized spacial score (nSPS) is 20.7. The van der Waals surface area contributed by atoms with Crippen molar-refractivity contribution in [3.8, 4) is 17.0 Å². The first-order valence-electron chi connectivity index (χ1n) is 14.5. The van der Waals surface area contributed by atoms with Gasteiger partial charge in [0.25, 0.3) is 0 Å². The maximum Gasteiger partial charge on any atom is 0.438 e. The summed E-state index contributed by atoms with van der Waals surface area (Å²) in [6.45, 7) is 5.27. The Balaban J connectivity index is 1.20. The molecule has 1 aromatic carbocycles. The molecule has 6 rings (SSSR count). The van der Waals surface area contributed by atoms with Crippen molar-refractivity contribution in [3.05, 3.63) is 54.0 Å². The number of nitrogens with one attached hydrogen (secondary N) is 1. The van der Waals surface area contributed by atoms with Gasteiger partial charge in [-0.2, -0.15) is 23.4 Å². The number of likely N-dealkylation sites (N-methyl/N-ethyl adjacent to an activating group) is 1. The molecule has 0 spiro atoms. The van der Waals surface area contributed by atoms with Crippen molar-refractivity contribution in [2.75, 3.05) is 45.6 Å². The maximum absolute atomic E-state index is 13.4. The molecule has 4 aromatic rings. The lowest BCUT2D eigenvalue weighted by atomic mass is 9.93. The molecule has 224 valence electrons. The molecule has 2 fully saturated rings. The van der Waals surface area contributed by atoms with E-state index in [4.69, 9.17) is 9.84 Å². The van der Waals surface area contributed by atoms with Crippen LogP contribution in [-0.2, 0) is 19.8 Å². The van der Waals surface area contributed by atoms with Crippen molar-refractivity contribution in [2.24, 2.45) is 7.05 Å². The van der Waals surface area contributed by atoms with E-state index in [1.807, 2.05) is 19.3 Å². The van der Waals surface area contributed by atoms with E-state index in [2.05, 4.69) is 61.2 Å². The first-order chi connectivity index (χ1) is 20.2. The van der Waals surface area contributed by atoms with E-state index in [1.165, 1.54) is 18.8 Å². The van der Waals surface area contributed by atoms with Gasteiger partial charge in [0, 0.05) is 70.0 Å². The zero-order valence-corrected chi connectivity index (χ0v) is 24.2. The summed E-state index contributed by atoms with van der Waals surface area (Å²) in [5, 5.41) is 12.8. The van der Waals surface area contributed by atoms with E-state index in [9.17, 15) is 13.2 Å². The van der Waals surface area contributed by atoms with Crippen molar-refractivity contribution in [1.82, 2.24) is 34.3 Å². The van der Waals surface area contributed by atoms with Crippen LogP contribution in [0.15, 0.2) is 42.7 Å². The van der Waals surface area contributed by atoms with Gasteiger partial charge in [-0.3, -0.25) is 14.3 Å². The number of benzene rings is 1. The molecule has 2 aliphatic rings. The van der Waals surface area contributed by atoms with Gasteiger partial charge in [-0.05, 0) is 38.3 Å². The van der Waals surface area contributed by atoms with Crippen LogP contribution in [0.2, 0.25) is 0 Å².